The van der Waals surface area contributed by atoms with Crippen molar-refractivity contribution in [3.05, 3.63) is 10.4 Å². The molecule has 0 saturated heterocycles. The van der Waals surface area contributed by atoms with Gasteiger partial charge in [0, 0.05) is 10.3 Å². The minimum atomic E-state index is -5.18. The van der Waals surface area contributed by atoms with Gasteiger partial charge in [0.25, 0.3) is 0 Å². The summed E-state index contributed by atoms with van der Waals surface area (Å²) >= 11 is 0. The molecule has 2 saturated carbocycles. The average Bonchev–Trinajstić information content (AvgIpc) is 2.59. The van der Waals surface area contributed by atoms with Crippen LogP contribution in [0, 0.1) is 22.7 Å². The Kier molecular flexibility index (Phi) is 2.94. The number of nitrogens with zero attached hydrogens (tertiary/aromatic N) is 3. The van der Waals surface area contributed by atoms with E-state index in [0.717, 1.165) is 0 Å². The van der Waals surface area contributed by atoms with Crippen LogP contribution in [0.5, 0.6) is 0 Å². The topological polar surface area (TPSA) is 86.1 Å². The van der Waals surface area contributed by atoms with Crippen LogP contribution in [0.1, 0.15) is 33.6 Å². The molecule has 8 heteroatoms. The molecule has 2 rings (SSSR count). The van der Waals surface area contributed by atoms with Crippen LogP contribution < -0.4 is 0 Å². The van der Waals surface area contributed by atoms with Gasteiger partial charge in [0.1, 0.15) is 5.78 Å². The van der Waals surface area contributed by atoms with E-state index in [9.17, 15) is 23.1 Å². The summed E-state index contributed by atoms with van der Waals surface area (Å²) in [5.41, 5.74) is 3.10. The minimum Gasteiger partial charge on any atom is -0.376 e. The molecule has 5 nitrogen and oxygen atoms in total. The van der Waals surface area contributed by atoms with E-state index in [0.29, 0.717) is 12.8 Å². The molecule has 0 amide bonds. The second-order valence-electron chi connectivity index (χ2n) is 6.45. The number of azide groups is 1. The smallest absolute Gasteiger partial charge is 0.376 e. The van der Waals surface area contributed by atoms with Crippen molar-refractivity contribution in [1.82, 2.24) is 0 Å². The summed E-state index contributed by atoms with van der Waals surface area (Å²) in [5, 5.41) is 12.5. The molecule has 0 aromatic heterocycles. The van der Waals surface area contributed by atoms with Crippen molar-refractivity contribution in [2.75, 3.05) is 0 Å². The van der Waals surface area contributed by atoms with Crippen molar-refractivity contribution in [2.24, 2.45) is 27.8 Å². The van der Waals surface area contributed by atoms with Crippen LogP contribution in [0.25, 0.3) is 10.4 Å². The van der Waals surface area contributed by atoms with Gasteiger partial charge in [0.15, 0.2) is 0 Å². The lowest BCUT2D eigenvalue weighted by molar-refractivity contribution is -0.279. The normalized spacial score (nSPS) is 38.5. The first-order chi connectivity index (χ1) is 8.93. The number of Topliss-reactive ketones (excluding diaryl/α,β-unsaturated/α-hetero) is 1. The minimum absolute atomic E-state index is 0.402. The predicted molar refractivity (Wildman–Crippen MR) is 63.3 cm³/mol. The van der Waals surface area contributed by atoms with Crippen LogP contribution >= 0.6 is 0 Å². The molecule has 0 aromatic carbocycles. The number of alkyl halides is 3. The highest BCUT2D eigenvalue weighted by atomic mass is 19.4. The van der Waals surface area contributed by atoms with E-state index < -0.39 is 40.4 Å². The molecule has 1 N–H and O–H groups in total. The highest BCUT2D eigenvalue weighted by Crippen LogP contribution is 2.68. The Bertz CT molecular complexity index is 513. The van der Waals surface area contributed by atoms with E-state index in [1.807, 2.05) is 0 Å². The number of carbonyl (C=O) groups is 1. The van der Waals surface area contributed by atoms with Crippen molar-refractivity contribution in [3.8, 4) is 0 Å². The monoisotopic (exact) mass is 291 g/mol. The fraction of sp³-hybridized carbons (Fsp3) is 0.917. The Morgan fingerprint density at radius 1 is 1.40 bits per heavy atom. The molecular formula is C12H16F3N3O2. The van der Waals surface area contributed by atoms with Gasteiger partial charge in [-0.05, 0) is 34.8 Å². The zero-order chi connectivity index (χ0) is 15.6. The maximum Gasteiger partial charge on any atom is 0.423 e. The van der Waals surface area contributed by atoms with Crippen LogP contribution in [0.3, 0.4) is 0 Å². The van der Waals surface area contributed by atoms with E-state index in [1.54, 1.807) is 20.8 Å². The van der Waals surface area contributed by atoms with Gasteiger partial charge in [-0.1, -0.05) is 20.8 Å². The molecule has 4 atom stereocenters. The van der Waals surface area contributed by atoms with E-state index in [4.69, 9.17) is 5.53 Å². The first kappa shape index (κ1) is 15.1. The van der Waals surface area contributed by atoms with E-state index in [2.05, 4.69) is 10.0 Å². The Hall–Kier alpha value is -1.27. The van der Waals surface area contributed by atoms with Gasteiger partial charge in [0.2, 0.25) is 5.72 Å². The molecule has 2 bridgehead atoms. The number of carbonyl (C=O) groups excluding carboxylic acids is 1. The number of ketones is 1. The van der Waals surface area contributed by atoms with Crippen molar-refractivity contribution < 1.29 is 23.1 Å². The van der Waals surface area contributed by atoms with Gasteiger partial charge in [-0.25, -0.2) is 0 Å². The zero-order valence-electron chi connectivity index (χ0n) is 11.4. The molecular weight excluding hydrogens is 275 g/mol. The molecule has 0 heterocycles. The second-order valence-corrected chi connectivity index (χ2v) is 6.45. The number of hydrogen-bond acceptors (Lipinski definition) is 3. The molecule has 0 aliphatic heterocycles. The largest absolute Gasteiger partial charge is 0.423 e. The van der Waals surface area contributed by atoms with Gasteiger partial charge < -0.3 is 5.11 Å². The summed E-state index contributed by atoms with van der Waals surface area (Å²) in [6.45, 7) is 5.09. The summed E-state index contributed by atoms with van der Waals surface area (Å²) in [4.78, 5) is 14.5. The van der Waals surface area contributed by atoms with Crippen molar-refractivity contribution in [3.63, 3.8) is 0 Å². The van der Waals surface area contributed by atoms with Gasteiger partial charge >= 0.3 is 6.18 Å². The van der Waals surface area contributed by atoms with Gasteiger partial charge in [-0.2, -0.15) is 13.2 Å². The molecule has 112 valence electrons. The summed E-state index contributed by atoms with van der Waals surface area (Å²) in [5.74, 6) is -3.05. The third kappa shape index (κ3) is 1.49. The van der Waals surface area contributed by atoms with E-state index >= 15 is 0 Å². The maximum atomic E-state index is 13.2. The summed E-state index contributed by atoms with van der Waals surface area (Å²) < 4.78 is 39.5. The van der Waals surface area contributed by atoms with Gasteiger partial charge in [-0.15, -0.1) is 0 Å². The summed E-state index contributed by atoms with van der Waals surface area (Å²) in [6.07, 6.45) is -4.29. The molecule has 0 aromatic rings. The number of aliphatic hydroxyl groups is 1. The molecule has 0 spiro atoms. The third-order valence-corrected chi connectivity index (χ3v) is 5.58. The Labute approximate surface area is 113 Å². The van der Waals surface area contributed by atoms with Crippen molar-refractivity contribution in [1.29, 1.82) is 0 Å². The maximum absolute atomic E-state index is 13.2. The first-order valence-corrected chi connectivity index (χ1v) is 6.33. The lowest BCUT2D eigenvalue weighted by Crippen LogP contribution is -2.54. The quantitative estimate of drug-likeness (QED) is 0.481. The van der Waals surface area contributed by atoms with Crippen molar-refractivity contribution in [2.45, 2.75) is 45.5 Å². The zero-order valence-corrected chi connectivity index (χ0v) is 11.4. The van der Waals surface area contributed by atoms with E-state index in [-0.39, 0.29) is 0 Å². The first-order valence-electron chi connectivity index (χ1n) is 6.33. The lowest BCUT2D eigenvalue weighted by Gasteiger charge is -2.36. The number of halogens is 3. The fourth-order valence-corrected chi connectivity index (χ4v) is 3.91. The van der Waals surface area contributed by atoms with Crippen LogP contribution in [0.2, 0.25) is 0 Å². The summed E-state index contributed by atoms with van der Waals surface area (Å²) in [6, 6.07) is 0. The molecule has 20 heavy (non-hydrogen) atoms. The molecule has 2 aliphatic rings. The second kappa shape index (κ2) is 3.89. The Morgan fingerprint density at radius 2 is 1.95 bits per heavy atom. The fourth-order valence-electron chi connectivity index (χ4n) is 3.91. The molecule has 0 radical (unpaired) electrons. The lowest BCUT2D eigenvalue weighted by atomic mass is 9.70. The SMILES string of the molecule is CC12CCC(C(C(O)(N=[N+]=[N-])C(F)(F)F)C1=O)C2(C)C. The van der Waals surface area contributed by atoms with Gasteiger partial charge in [0.05, 0.1) is 5.92 Å². The van der Waals surface area contributed by atoms with Crippen molar-refractivity contribution >= 4 is 5.78 Å². The predicted octanol–water partition coefficient (Wildman–Crippen LogP) is 3.19. The molecule has 2 aliphatic carbocycles. The molecule has 4 unspecified atom stereocenters. The third-order valence-electron chi connectivity index (χ3n) is 5.58. The van der Waals surface area contributed by atoms with Crippen LogP contribution in [-0.4, -0.2) is 22.8 Å². The highest BCUT2D eigenvalue weighted by molar-refractivity contribution is 5.92. The van der Waals surface area contributed by atoms with Crippen LogP contribution in [0.15, 0.2) is 5.11 Å². The van der Waals surface area contributed by atoms with Crippen LogP contribution in [-0.2, 0) is 4.79 Å². The highest BCUT2D eigenvalue weighted by Gasteiger charge is 2.75. The number of fused-ring (bicyclic) bond motifs is 2. The van der Waals surface area contributed by atoms with Gasteiger partial charge in [-0.3, -0.25) is 4.79 Å². The molecule has 2 fully saturated rings. The number of hydrogen-bond donors (Lipinski definition) is 1. The number of rotatable bonds is 2. The van der Waals surface area contributed by atoms with E-state index in [1.165, 1.54) is 0 Å². The standard InChI is InChI=1S/C12H16F3N3O2/c1-9(2)6-4-5-10(9,3)8(19)7(6)11(20,17-18-16)12(13,14)15/h6-7,20H,4-5H2,1-3H3. The Balaban J connectivity index is 2.59. The average molecular weight is 291 g/mol. The Morgan fingerprint density at radius 3 is 2.30 bits per heavy atom. The van der Waals surface area contributed by atoms with Crippen LogP contribution in [0.4, 0.5) is 13.2 Å². The summed E-state index contributed by atoms with van der Waals surface area (Å²) in [7, 11) is 0.